The second kappa shape index (κ2) is 5.74. The summed E-state index contributed by atoms with van der Waals surface area (Å²) in [5, 5.41) is 5.97. The first-order valence-corrected chi connectivity index (χ1v) is 6.47. The molecule has 1 aliphatic heterocycles. The molecule has 1 aromatic rings. The van der Waals surface area contributed by atoms with E-state index in [9.17, 15) is 22.8 Å². The highest BCUT2D eigenvalue weighted by atomic mass is 19.4. The van der Waals surface area contributed by atoms with Gasteiger partial charge >= 0.3 is 6.18 Å². The summed E-state index contributed by atoms with van der Waals surface area (Å²) in [5.41, 5.74) is -1.03. The average molecular weight is 304 g/mol. The van der Waals surface area contributed by atoms with E-state index in [0.717, 1.165) is 16.9 Å². The van der Waals surface area contributed by atoms with Crippen LogP contribution in [0, 0.1) is 5.92 Å². The van der Waals surface area contributed by atoms with Crippen molar-refractivity contribution in [3.05, 3.63) is 18.0 Å². The average Bonchev–Trinajstić information content (AvgIpc) is 2.75. The number of rotatable bonds is 4. The van der Waals surface area contributed by atoms with Crippen molar-refractivity contribution in [2.24, 2.45) is 5.92 Å². The Balaban J connectivity index is 1.84. The van der Waals surface area contributed by atoms with E-state index in [1.165, 1.54) is 4.90 Å². The third-order valence-electron chi connectivity index (χ3n) is 3.18. The van der Waals surface area contributed by atoms with Gasteiger partial charge in [-0.2, -0.15) is 18.3 Å². The minimum atomic E-state index is -4.52. The molecule has 2 heterocycles. The maximum absolute atomic E-state index is 12.4. The number of likely N-dealkylation sites (tertiary alicyclic amines) is 1. The summed E-state index contributed by atoms with van der Waals surface area (Å²) in [6.07, 6.45) is -3.41. The minimum absolute atomic E-state index is 0.111. The molecule has 2 rings (SSSR count). The van der Waals surface area contributed by atoms with Gasteiger partial charge in [-0.1, -0.05) is 0 Å². The third kappa shape index (κ3) is 3.53. The Bertz CT molecular complexity index is 535. The van der Waals surface area contributed by atoms with Crippen LogP contribution >= 0.6 is 0 Å². The van der Waals surface area contributed by atoms with Crippen molar-refractivity contribution in [2.45, 2.75) is 19.6 Å². The van der Waals surface area contributed by atoms with Gasteiger partial charge in [-0.3, -0.25) is 14.3 Å². The molecule has 2 amide bonds. The molecule has 1 aromatic heterocycles. The fourth-order valence-corrected chi connectivity index (χ4v) is 2.01. The first-order valence-electron chi connectivity index (χ1n) is 6.47. The Kier molecular flexibility index (Phi) is 4.19. The zero-order valence-corrected chi connectivity index (χ0v) is 11.4. The number of carbonyl (C=O) groups excluding carboxylic acids is 2. The van der Waals surface area contributed by atoms with Gasteiger partial charge in [-0.05, 0) is 13.0 Å². The van der Waals surface area contributed by atoms with Crippen molar-refractivity contribution >= 4 is 11.8 Å². The number of hydrogen-bond donors (Lipinski definition) is 1. The molecule has 1 aliphatic rings. The number of alkyl halides is 3. The summed E-state index contributed by atoms with van der Waals surface area (Å²) in [4.78, 5) is 24.7. The lowest BCUT2D eigenvalue weighted by Gasteiger charge is -2.38. The highest BCUT2D eigenvalue weighted by Crippen LogP contribution is 2.27. The minimum Gasteiger partial charge on any atom is -0.356 e. The molecule has 21 heavy (non-hydrogen) atoms. The highest BCUT2D eigenvalue weighted by molar-refractivity contribution is 5.84. The quantitative estimate of drug-likeness (QED) is 0.880. The Morgan fingerprint density at radius 3 is 2.62 bits per heavy atom. The largest absolute Gasteiger partial charge is 0.435 e. The van der Waals surface area contributed by atoms with Crippen LogP contribution in [0.25, 0.3) is 0 Å². The van der Waals surface area contributed by atoms with Crippen molar-refractivity contribution in [3.8, 4) is 0 Å². The second-order valence-corrected chi connectivity index (χ2v) is 4.79. The monoisotopic (exact) mass is 304 g/mol. The smallest absolute Gasteiger partial charge is 0.356 e. The van der Waals surface area contributed by atoms with Crippen molar-refractivity contribution < 1.29 is 22.8 Å². The molecule has 6 nitrogen and oxygen atoms in total. The van der Waals surface area contributed by atoms with Gasteiger partial charge in [-0.15, -0.1) is 0 Å². The standard InChI is InChI=1S/C12H15F3N4O2/c1-2-16-11(21)8-5-18(6-8)10(20)7-19-4-3-9(17-19)12(13,14)15/h3-4,8H,2,5-7H2,1H3,(H,16,21). The van der Waals surface area contributed by atoms with Gasteiger partial charge in [0.25, 0.3) is 0 Å². The Labute approximate surface area is 118 Å². The van der Waals surface area contributed by atoms with Crippen molar-refractivity contribution in [2.75, 3.05) is 19.6 Å². The Hall–Kier alpha value is -2.06. The van der Waals surface area contributed by atoms with E-state index in [1.54, 1.807) is 6.92 Å². The van der Waals surface area contributed by atoms with Gasteiger partial charge in [0.05, 0.1) is 5.92 Å². The summed E-state index contributed by atoms with van der Waals surface area (Å²) in [6.45, 7) is 2.64. The highest BCUT2D eigenvalue weighted by Gasteiger charge is 2.36. The fraction of sp³-hybridized carbons (Fsp3) is 0.583. The first kappa shape index (κ1) is 15.3. The maximum Gasteiger partial charge on any atom is 0.435 e. The molecule has 0 radical (unpaired) electrons. The van der Waals surface area contributed by atoms with Crippen LogP contribution in [0.15, 0.2) is 12.3 Å². The van der Waals surface area contributed by atoms with Crippen molar-refractivity contribution in [1.29, 1.82) is 0 Å². The number of hydrogen-bond acceptors (Lipinski definition) is 3. The topological polar surface area (TPSA) is 67.2 Å². The van der Waals surface area contributed by atoms with Gasteiger partial charge < -0.3 is 10.2 Å². The second-order valence-electron chi connectivity index (χ2n) is 4.79. The van der Waals surface area contributed by atoms with E-state index >= 15 is 0 Å². The molecular weight excluding hydrogens is 289 g/mol. The van der Waals surface area contributed by atoms with Crippen molar-refractivity contribution in [3.63, 3.8) is 0 Å². The van der Waals surface area contributed by atoms with Gasteiger partial charge in [0.15, 0.2) is 5.69 Å². The summed E-state index contributed by atoms with van der Waals surface area (Å²) in [6, 6.07) is 0.820. The summed E-state index contributed by atoms with van der Waals surface area (Å²) in [5.74, 6) is -0.704. The van der Waals surface area contributed by atoms with E-state index < -0.39 is 11.9 Å². The summed E-state index contributed by atoms with van der Waals surface area (Å²) in [7, 11) is 0. The van der Waals surface area contributed by atoms with E-state index in [4.69, 9.17) is 0 Å². The molecule has 0 aliphatic carbocycles. The fourth-order valence-electron chi connectivity index (χ4n) is 2.01. The van der Waals surface area contributed by atoms with Gasteiger partial charge in [-0.25, -0.2) is 0 Å². The van der Waals surface area contributed by atoms with E-state index in [1.807, 2.05) is 0 Å². The number of nitrogens with zero attached hydrogens (tertiary/aromatic N) is 3. The van der Waals surface area contributed by atoms with E-state index in [0.29, 0.717) is 6.54 Å². The van der Waals surface area contributed by atoms with E-state index in [-0.39, 0.29) is 37.4 Å². The molecule has 1 fully saturated rings. The lowest BCUT2D eigenvalue weighted by molar-refractivity contribution is -0.145. The molecule has 0 unspecified atom stereocenters. The molecule has 0 saturated carbocycles. The molecule has 1 saturated heterocycles. The van der Waals surface area contributed by atoms with E-state index in [2.05, 4.69) is 10.4 Å². The molecular formula is C12H15F3N4O2. The lowest BCUT2D eigenvalue weighted by atomic mass is 9.99. The predicted molar refractivity (Wildman–Crippen MR) is 66.0 cm³/mol. The predicted octanol–water partition coefficient (Wildman–Crippen LogP) is 0.496. The van der Waals surface area contributed by atoms with Crippen LogP contribution in [0.2, 0.25) is 0 Å². The number of halogens is 3. The molecule has 0 atom stereocenters. The number of carbonyl (C=O) groups is 2. The first-order chi connectivity index (χ1) is 9.81. The lowest BCUT2D eigenvalue weighted by Crippen LogP contribution is -2.56. The van der Waals surface area contributed by atoms with Crippen LogP contribution in [0.3, 0.4) is 0 Å². The van der Waals surface area contributed by atoms with Gasteiger partial charge in [0, 0.05) is 25.8 Å². The SMILES string of the molecule is CCNC(=O)C1CN(C(=O)Cn2ccc(C(F)(F)F)n2)C1. The molecule has 9 heteroatoms. The number of amides is 2. The third-order valence-corrected chi connectivity index (χ3v) is 3.18. The van der Waals surface area contributed by atoms with Crippen molar-refractivity contribution in [1.82, 2.24) is 20.0 Å². The Morgan fingerprint density at radius 2 is 2.10 bits per heavy atom. The van der Waals surface area contributed by atoms with Crippen LogP contribution in [0.1, 0.15) is 12.6 Å². The Morgan fingerprint density at radius 1 is 1.43 bits per heavy atom. The summed E-state index contributed by atoms with van der Waals surface area (Å²) >= 11 is 0. The van der Waals surface area contributed by atoms with Crippen LogP contribution in [0.4, 0.5) is 13.2 Å². The molecule has 116 valence electrons. The maximum atomic E-state index is 12.4. The zero-order valence-electron chi connectivity index (χ0n) is 11.4. The number of nitrogens with one attached hydrogen (secondary N) is 1. The van der Waals surface area contributed by atoms with Gasteiger partial charge in [0.2, 0.25) is 11.8 Å². The molecule has 1 N–H and O–H groups in total. The summed E-state index contributed by atoms with van der Waals surface area (Å²) < 4.78 is 38.1. The van der Waals surface area contributed by atoms with Crippen LogP contribution < -0.4 is 5.32 Å². The molecule has 0 spiro atoms. The molecule has 0 aromatic carbocycles. The van der Waals surface area contributed by atoms with Crippen LogP contribution in [0.5, 0.6) is 0 Å². The van der Waals surface area contributed by atoms with Crippen LogP contribution in [-0.2, 0) is 22.3 Å². The normalized spacial score (nSPS) is 15.7. The number of aromatic nitrogens is 2. The van der Waals surface area contributed by atoms with Crippen LogP contribution in [-0.4, -0.2) is 46.1 Å². The zero-order chi connectivity index (χ0) is 15.6. The van der Waals surface area contributed by atoms with Gasteiger partial charge in [0.1, 0.15) is 6.54 Å². The molecule has 0 bridgehead atoms.